The Bertz CT molecular complexity index is 1690. The minimum Gasteiger partial charge on any atom is -0.497 e. The van der Waals surface area contributed by atoms with Crippen LogP contribution in [0.15, 0.2) is 103 Å². The molecule has 6 rings (SSSR count). The van der Waals surface area contributed by atoms with Gasteiger partial charge in [0.1, 0.15) is 5.75 Å². The number of imidazole rings is 1. The summed E-state index contributed by atoms with van der Waals surface area (Å²) >= 11 is 0. The molecule has 2 heterocycles. The summed E-state index contributed by atoms with van der Waals surface area (Å²) in [5.74, 6) is 2.11. The van der Waals surface area contributed by atoms with E-state index in [4.69, 9.17) is 19.7 Å². The maximum absolute atomic E-state index is 5.28. The van der Waals surface area contributed by atoms with E-state index in [0.29, 0.717) is 19.0 Å². The third-order valence-electron chi connectivity index (χ3n) is 6.84. The Labute approximate surface area is 227 Å². The lowest BCUT2D eigenvalue weighted by molar-refractivity contribution is 0.414. The minimum absolute atomic E-state index is 0.556. The molecule has 2 N–H and O–H groups in total. The van der Waals surface area contributed by atoms with Crippen molar-refractivity contribution in [2.75, 3.05) is 24.3 Å². The summed E-state index contributed by atoms with van der Waals surface area (Å²) in [5, 5.41) is 9.37. The number of fused-ring (bicyclic) bond motifs is 2. The van der Waals surface area contributed by atoms with Crippen molar-refractivity contribution < 1.29 is 4.74 Å². The molecular formula is C32H30N6O. The Morgan fingerprint density at radius 3 is 2.41 bits per heavy atom. The van der Waals surface area contributed by atoms with E-state index in [1.807, 2.05) is 36.7 Å². The summed E-state index contributed by atoms with van der Waals surface area (Å²) in [6.45, 7) is 2.00. The van der Waals surface area contributed by atoms with E-state index in [2.05, 4.69) is 81.9 Å². The maximum atomic E-state index is 5.28. The molecule has 0 aliphatic heterocycles. The molecule has 0 bridgehead atoms. The second kappa shape index (κ2) is 11.2. The Balaban J connectivity index is 1.30. The predicted octanol–water partition coefficient (Wildman–Crippen LogP) is 6.30. The van der Waals surface area contributed by atoms with Crippen LogP contribution in [0.3, 0.4) is 0 Å². The zero-order valence-corrected chi connectivity index (χ0v) is 21.8. The molecular weight excluding hydrogens is 484 g/mol. The smallest absolute Gasteiger partial charge is 0.227 e. The van der Waals surface area contributed by atoms with Crippen LogP contribution >= 0.6 is 0 Å². The minimum atomic E-state index is 0.556. The number of aromatic nitrogens is 4. The quantitative estimate of drug-likeness (QED) is 0.223. The summed E-state index contributed by atoms with van der Waals surface area (Å²) in [7, 11) is 1.67. The van der Waals surface area contributed by atoms with Crippen LogP contribution in [0.25, 0.3) is 21.9 Å². The number of ether oxygens (including phenoxy) is 1. The number of anilines is 2. The Morgan fingerprint density at radius 2 is 1.56 bits per heavy atom. The highest BCUT2D eigenvalue weighted by atomic mass is 16.5. The van der Waals surface area contributed by atoms with Gasteiger partial charge in [0.25, 0.3) is 0 Å². The third-order valence-corrected chi connectivity index (χ3v) is 6.84. The van der Waals surface area contributed by atoms with E-state index in [-0.39, 0.29) is 0 Å². The Kier molecular flexibility index (Phi) is 7.03. The average molecular weight is 515 g/mol. The second-order valence-corrected chi connectivity index (χ2v) is 9.44. The third kappa shape index (κ3) is 5.52. The van der Waals surface area contributed by atoms with Crippen molar-refractivity contribution in [3.63, 3.8) is 0 Å². The van der Waals surface area contributed by atoms with E-state index in [0.717, 1.165) is 41.3 Å². The van der Waals surface area contributed by atoms with E-state index in [1.165, 1.54) is 21.9 Å². The maximum Gasteiger partial charge on any atom is 0.227 e. The number of nitrogens with zero attached hydrogens (tertiary/aromatic N) is 4. The average Bonchev–Trinajstić information content (AvgIpc) is 3.39. The van der Waals surface area contributed by atoms with Gasteiger partial charge in [-0.3, -0.25) is 0 Å². The monoisotopic (exact) mass is 514 g/mol. The van der Waals surface area contributed by atoms with Gasteiger partial charge in [-0.2, -0.15) is 9.97 Å². The number of methoxy groups -OCH3 is 1. The van der Waals surface area contributed by atoms with Crippen LogP contribution in [0.4, 0.5) is 11.8 Å². The molecule has 194 valence electrons. The number of benzene rings is 4. The van der Waals surface area contributed by atoms with E-state index < -0.39 is 0 Å². The van der Waals surface area contributed by atoms with Crippen molar-refractivity contribution in [3.05, 3.63) is 120 Å². The first-order valence-electron chi connectivity index (χ1n) is 13.1. The molecule has 0 atom stereocenters. The van der Waals surface area contributed by atoms with Gasteiger partial charge < -0.3 is 19.9 Å². The molecule has 0 saturated heterocycles. The van der Waals surface area contributed by atoms with Crippen molar-refractivity contribution in [1.82, 2.24) is 19.5 Å². The largest absolute Gasteiger partial charge is 0.497 e. The van der Waals surface area contributed by atoms with E-state index in [1.54, 1.807) is 7.11 Å². The fourth-order valence-corrected chi connectivity index (χ4v) is 4.77. The van der Waals surface area contributed by atoms with Gasteiger partial charge in [-0.15, -0.1) is 0 Å². The highest BCUT2D eigenvalue weighted by molar-refractivity contribution is 5.87. The highest BCUT2D eigenvalue weighted by Gasteiger charge is 2.15. The van der Waals surface area contributed by atoms with Crippen molar-refractivity contribution in [2.45, 2.75) is 19.5 Å². The van der Waals surface area contributed by atoms with Crippen LogP contribution in [0.1, 0.15) is 16.7 Å². The molecule has 0 unspecified atom stereocenters. The predicted molar refractivity (Wildman–Crippen MR) is 157 cm³/mol. The van der Waals surface area contributed by atoms with Gasteiger partial charge in [0, 0.05) is 13.1 Å². The van der Waals surface area contributed by atoms with Crippen molar-refractivity contribution in [3.8, 4) is 5.75 Å². The van der Waals surface area contributed by atoms with E-state index in [9.17, 15) is 0 Å². The molecule has 0 aliphatic rings. The summed E-state index contributed by atoms with van der Waals surface area (Å²) in [4.78, 5) is 14.5. The molecule has 4 aromatic carbocycles. The summed E-state index contributed by atoms with van der Waals surface area (Å²) in [5.41, 5.74) is 5.16. The van der Waals surface area contributed by atoms with Gasteiger partial charge >= 0.3 is 0 Å². The first-order chi connectivity index (χ1) is 19.3. The normalized spacial score (nSPS) is 11.1. The molecule has 7 heteroatoms. The van der Waals surface area contributed by atoms with Gasteiger partial charge in [-0.25, -0.2) is 4.98 Å². The molecule has 39 heavy (non-hydrogen) atoms. The van der Waals surface area contributed by atoms with Gasteiger partial charge in [-0.1, -0.05) is 84.9 Å². The summed E-state index contributed by atoms with van der Waals surface area (Å²) in [6.07, 6.45) is 2.74. The van der Waals surface area contributed by atoms with E-state index >= 15 is 0 Å². The molecule has 2 aromatic heterocycles. The van der Waals surface area contributed by atoms with Gasteiger partial charge in [0.15, 0.2) is 17.0 Å². The molecule has 0 radical (unpaired) electrons. The van der Waals surface area contributed by atoms with Crippen LogP contribution in [0.2, 0.25) is 0 Å². The first kappa shape index (κ1) is 24.4. The number of hydrogen-bond acceptors (Lipinski definition) is 6. The van der Waals surface area contributed by atoms with Crippen molar-refractivity contribution in [1.29, 1.82) is 0 Å². The van der Waals surface area contributed by atoms with Crippen molar-refractivity contribution >= 4 is 33.7 Å². The molecule has 0 saturated carbocycles. The fraction of sp³-hybridized carbons (Fsp3) is 0.156. The topological polar surface area (TPSA) is 76.9 Å². The molecule has 0 aliphatic carbocycles. The SMILES string of the molecule is COc1ccc(CNc2nc(NCCc3ccccc3)c3ncn(Cc4cccc5ccccc45)c3n2)cc1. The number of nitrogens with one attached hydrogen (secondary N) is 2. The number of hydrogen-bond donors (Lipinski definition) is 2. The van der Waals surface area contributed by atoms with Gasteiger partial charge in [0.05, 0.1) is 20.0 Å². The van der Waals surface area contributed by atoms with Crippen LogP contribution < -0.4 is 15.4 Å². The highest BCUT2D eigenvalue weighted by Crippen LogP contribution is 2.25. The zero-order valence-electron chi connectivity index (χ0n) is 21.8. The lowest BCUT2D eigenvalue weighted by Gasteiger charge is -2.12. The Morgan fingerprint density at radius 1 is 0.769 bits per heavy atom. The van der Waals surface area contributed by atoms with Crippen LogP contribution in [0.5, 0.6) is 5.75 Å². The summed E-state index contributed by atoms with van der Waals surface area (Å²) < 4.78 is 7.38. The molecule has 6 aromatic rings. The zero-order chi connectivity index (χ0) is 26.4. The molecule has 0 fully saturated rings. The fourth-order valence-electron chi connectivity index (χ4n) is 4.77. The molecule has 7 nitrogen and oxygen atoms in total. The summed E-state index contributed by atoms with van der Waals surface area (Å²) in [6, 6.07) is 33.3. The molecule has 0 amide bonds. The molecule has 0 spiro atoms. The standard InChI is InChI=1S/C32H30N6O/c1-39-27-16-14-24(15-17-27)20-34-32-36-30(33-19-18-23-8-3-2-4-9-23)29-31(37-32)38(22-35-29)21-26-12-7-11-25-10-5-6-13-28(25)26/h2-17,22H,18-21H2,1H3,(H2,33,34,36,37). The van der Waals surface area contributed by atoms with Crippen LogP contribution in [0, 0.1) is 0 Å². The first-order valence-corrected chi connectivity index (χ1v) is 13.1. The van der Waals surface area contributed by atoms with Crippen LogP contribution in [-0.2, 0) is 19.5 Å². The second-order valence-electron chi connectivity index (χ2n) is 9.44. The lowest BCUT2D eigenvalue weighted by atomic mass is 10.0. The lowest BCUT2D eigenvalue weighted by Crippen LogP contribution is -2.11. The van der Waals surface area contributed by atoms with Gasteiger partial charge in [0.2, 0.25) is 5.95 Å². The van der Waals surface area contributed by atoms with Gasteiger partial charge in [-0.05, 0) is 46.0 Å². The van der Waals surface area contributed by atoms with Crippen molar-refractivity contribution in [2.24, 2.45) is 0 Å². The number of rotatable bonds is 10. The van der Waals surface area contributed by atoms with Crippen LogP contribution in [-0.4, -0.2) is 33.2 Å². The Hall–Kier alpha value is -4.91.